The highest BCUT2D eigenvalue weighted by Crippen LogP contribution is 2.23. The van der Waals surface area contributed by atoms with Crippen LogP contribution in [0.3, 0.4) is 0 Å². The van der Waals surface area contributed by atoms with E-state index in [2.05, 4.69) is 0 Å². The van der Waals surface area contributed by atoms with Gasteiger partial charge in [0.25, 0.3) is 0 Å². The van der Waals surface area contributed by atoms with Gasteiger partial charge in [0.15, 0.2) is 0 Å². The first kappa shape index (κ1) is 14.1. The zero-order valence-corrected chi connectivity index (χ0v) is 10.6. The average Bonchev–Trinajstić information content (AvgIpc) is 2.93. The quantitative estimate of drug-likeness (QED) is 0.659. The Kier molecular flexibility index (Phi) is 3.86. The molecule has 0 amide bonds. The second-order valence-electron chi connectivity index (χ2n) is 4.06. The molecule has 0 bridgehead atoms. The number of furan rings is 1. The highest BCUT2D eigenvalue weighted by atomic mass is 16.4. The summed E-state index contributed by atoms with van der Waals surface area (Å²) in [5.41, 5.74) is 0.369. The Labute approximate surface area is 119 Å². The van der Waals surface area contributed by atoms with E-state index in [1.165, 1.54) is 18.2 Å². The minimum Gasteiger partial charge on any atom is -0.478 e. The molecule has 0 radical (unpaired) electrons. The molecule has 21 heavy (non-hydrogen) atoms. The molecule has 0 unspecified atom stereocenters. The predicted octanol–water partition coefficient (Wildman–Crippen LogP) is 2.64. The topological polar surface area (TPSA) is 112 Å². The fraction of sp³-hybridized carbons (Fsp3) is 0. The van der Waals surface area contributed by atoms with Crippen LogP contribution < -0.4 is 0 Å². The molecule has 0 saturated carbocycles. The Bertz CT molecular complexity index is 762. The van der Waals surface area contributed by atoms with E-state index in [1.54, 1.807) is 24.3 Å². The molecule has 1 aromatic heterocycles. The third kappa shape index (κ3) is 3.16. The van der Waals surface area contributed by atoms with E-state index in [-0.39, 0.29) is 11.3 Å². The molecule has 0 aliphatic carbocycles. The van der Waals surface area contributed by atoms with Crippen molar-refractivity contribution in [2.75, 3.05) is 0 Å². The highest BCUT2D eigenvalue weighted by molar-refractivity contribution is 5.96. The lowest BCUT2D eigenvalue weighted by molar-refractivity contribution is -0.132. The van der Waals surface area contributed by atoms with Crippen molar-refractivity contribution in [3.63, 3.8) is 0 Å². The molecular formula is C15H9NO5. The first-order chi connectivity index (χ1) is 10.0. The minimum absolute atomic E-state index is 0.156. The number of carbonyl (C=O) groups is 2. The summed E-state index contributed by atoms with van der Waals surface area (Å²) in [6.45, 7) is 0. The maximum Gasteiger partial charge on any atom is 0.346 e. The number of nitriles is 1. The van der Waals surface area contributed by atoms with Crippen LogP contribution in [0.25, 0.3) is 17.4 Å². The maximum atomic E-state index is 10.8. The van der Waals surface area contributed by atoms with Gasteiger partial charge in [-0.05, 0) is 24.3 Å². The van der Waals surface area contributed by atoms with Gasteiger partial charge in [-0.25, -0.2) is 9.59 Å². The molecule has 0 spiro atoms. The molecule has 1 heterocycles. The van der Waals surface area contributed by atoms with E-state index in [0.717, 1.165) is 6.08 Å². The van der Waals surface area contributed by atoms with Gasteiger partial charge in [-0.1, -0.05) is 12.1 Å². The standard InChI is InChI=1S/C15H9NO5/c16-8-11(15(19)20)7-12-5-6-13(21-12)9-1-3-10(4-2-9)14(17)18/h1-7H,(H,17,18)(H,19,20)/b11-7+. The summed E-state index contributed by atoms with van der Waals surface area (Å²) in [7, 11) is 0. The minimum atomic E-state index is -1.33. The second-order valence-corrected chi connectivity index (χ2v) is 4.06. The summed E-state index contributed by atoms with van der Waals surface area (Å²) in [4.78, 5) is 21.5. The first-order valence-electron chi connectivity index (χ1n) is 5.80. The first-order valence-corrected chi connectivity index (χ1v) is 5.80. The predicted molar refractivity (Wildman–Crippen MR) is 72.3 cm³/mol. The monoisotopic (exact) mass is 283 g/mol. The SMILES string of the molecule is N#C/C(=C\c1ccc(-c2ccc(C(=O)O)cc2)o1)C(=O)O. The molecule has 0 fully saturated rings. The summed E-state index contributed by atoms with van der Waals surface area (Å²) in [5.74, 6) is -1.68. The molecule has 0 aliphatic rings. The van der Waals surface area contributed by atoms with Crippen LogP contribution in [-0.4, -0.2) is 22.2 Å². The van der Waals surface area contributed by atoms with Crippen molar-refractivity contribution in [2.24, 2.45) is 0 Å². The van der Waals surface area contributed by atoms with Gasteiger partial charge in [0, 0.05) is 11.6 Å². The van der Waals surface area contributed by atoms with Crippen molar-refractivity contribution < 1.29 is 24.2 Å². The summed E-state index contributed by atoms with van der Waals surface area (Å²) in [6, 6.07) is 10.7. The molecule has 0 aliphatic heterocycles. The second kappa shape index (κ2) is 5.75. The van der Waals surface area contributed by atoms with Gasteiger partial charge < -0.3 is 14.6 Å². The Hall–Kier alpha value is -3.33. The van der Waals surface area contributed by atoms with Crippen LogP contribution in [0.15, 0.2) is 46.4 Å². The number of hydrogen-bond donors (Lipinski definition) is 2. The van der Waals surface area contributed by atoms with Crippen molar-refractivity contribution in [3.05, 3.63) is 53.3 Å². The van der Waals surface area contributed by atoms with E-state index in [4.69, 9.17) is 19.9 Å². The lowest BCUT2D eigenvalue weighted by atomic mass is 10.1. The smallest absolute Gasteiger partial charge is 0.346 e. The van der Waals surface area contributed by atoms with Crippen LogP contribution in [0.2, 0.25) is 0 Å². The third-order valence-electron chi connectivity index (χ3n) is 2.68. The molecule has 0 saturated heterocycles. The number of benzene rings is 1. The molecule has 6 heteroatoms. The molecule has 2 N–H and O–H groups in total. The van der Waals surface area contributed by atoms with Crippen molar-refractivity contribution in [3.8, 4) is 17.4 Å². The Morgan fingerprint density at radius 3 is 2.29 bits per heavy atom. The van der Waals surface area contributed by atoms with Crippen LogP contribution in [0, 0.1) is 11.3 Å². The highest BCUT2D eigenvalue weighted by Gasteiger charge is 2.09. The van der Waals surface area contributed by atoms with Crippen LogP contribution in [0.1, 0.15) is 16.1 Å². The number of rotatable bonds is 4. The maximum absolute atomic E-state index is 10.8. The molecule has 6 nitrogen and oxygen atoms in total. The van der Waals surface area contributed by atoms with E-state index >= 15 is 0 Å². The number of carboxylic acids is 2. The fourth-order valence-corrected chi connectivity index (χ4v) is 1.65. The third-order valence-corrected chi connectivity index (χ3v) is 2.68. The number of aliphatic carboxylic acids is 1. The van der Waals surface area contributed by atoms with Crippen molar-refractivity contribution in [2.45, 2.75) is 0 Å². The van der Waals surface area contributed by atoms with Crippen LogP contribution >= 0.6 is 0 Å². The van der Waals surface area contributed by atoms with Gasteiger partial charge in [-0.15, -0.1) is 0 Å². The zero-order chi connectivity index (χ0) is 15.4. The lowest BCUT2D eigenvalue weighted by Crippen LogP contribution is -1.96. The van der Waals surface area contributed by atoms with Gasteiger partial charge in [0.2, 0.25) is 0 Å². The van der Waals surface area contributed by atoms with Gasteiger partial charge >= 0.3 is 11.9 Å². The average molecular weight is 283 g/mol. The summed E-state index contributed by atoms with van der Waals surface area (Å²) in [5, 5.41) is 26.2. The molecule has 104 valence electrons. The largest absolute Gasteiger partial charge is 0.478 e. The number of aromatic carboxylic acids is 1. The number of hydrogen-bond acceptors (Lipinski definition) is 4. The Balaban J connectivity index is 2.30. The van der Waals surface area contributed by atoms with Crippen molar-refractivity contribution >= 4 is 18.0 Å². The molecule has 0 atom stereocenters. The lowest BCUT2D eigenvalue weighted by Gasteiger charge is -1.98. The van der Waals surface area contributed by atoms with Crippen molar-refractivity contribution in [1.82, 2.24) is 0 Å². The summed E-state index contributed by atoms with van der Waals surface area (Å²) >= 11 is 0. The van der Waals surface area contributed by atoms with E-state index in [9.17, 15) is 9.59 Å². The van der Waals surface area contributed by atoms with Gasteiger partial charge in [-0.3, -0.25) is 0 Å². The summed E-state index contributed by atoms with van der Waals surface area (Å²) < 4.78 is 5.41. The zero-order valence-electron chi connectivity index (χ0n) is 10.6. The molecule has 2 aromatic rings. The Morgan fingerprint density at radius 1 is 1.10 bits per heavy atom. The van der Waals surface area contributed by atoms with Crippen LogP contribution in [0.5, 0.6) is 0 Å². The van der Waals surface area contributed by atoms with Gasteiger partial charge in [0.1, 0.15) is 23.2 Å². The van der Waals surface area contributed by atoms with E-state index in [0.29, 0.717) is 11.3 Å². The van der Waals surface area contributed by atoms with Gasteiger partial charge in [-0.2, -0.15) is 5.26 Å². The van der Waals surface area contributed by atoms with E-state index in [1.807, 2.05) is 0 Å². The molecule has 1 aromatic carbocycles. The van der Waals surface area contributed by atoms with Gasteiger partial charge in [0.05, 0.1) is 5.56 Å². The summed E-state index contributed by atoms with van der Waals surface area (Å²) in [6.07, 6.45) is 1.12. The van der Waals surface area contributed by atoms with Crippen LogP contribution in [-0.2, 0) is 4.79 Å². The normalized spacial score (nSPS) is 10.9. The fourth-order valence-electron chi connectivity index (χ4n) is 1.65. The molecule has 2 rings (SSSR count). The molecular weight excluding hydrogens is 274 g/mol. The van der Waals surface area contributed by atoms with Crippen molar-refractivity contribution in [1.29, 1.82) is 5.26 Å². The van der Waals surface area contributed by atoms with E-state index < -0.39 is 17.5 Å². The number of nitrogens with zero attached hydrogens (tertiary/aromatic N) is 1. The van der Waals surface area contributed by atoms with Crippen LogP contribution in [0.4, 0.5) is 0 Å². The Morgan fingerprint density at radius 2 is 1.76 bits per heavy atom. The number of carboxylic acid groups (broad SMARTS) is 2.